The van der Waals surface area contributed by atoms with Crippen LogP contribution in [0.5, 0.6) is 5.75 Å². The second kappa shape index (κ2) is 9.16. The molecule has 0 saturated carbocycles. The fourth-order valence-electron chi connectivity index (χ4n) is 2.43. The number of rotatable bonds is 8. The average Bonchev–Trinajstić information content (AvgIpc) is 2.69. The van der Waals surface area contributed by atoms with E-state index >= 15 is 0 Å². The summed E-state index contributed by atoms with van der Waals surface area (Å²) in [4.78, 5) is 13.4. The number of aromatic nitrogens is 3. The Morgan fingerprint density at radius 3 is 2.74 bits per heavy atom. The van der Waals surface area contributed by atoms with E-state index in [9.17, 15) is 0 Å². The van der Waals surface area contributed by atoms with E-state index in [0.717, 1.165) is 5.69 Å². The van der Waals surface area contributed by atoms with Crippen LogP contribution < -0.4 is 15.4 Å². The smallest absolute Gasteiger partial charge is 0.225 e. The highest BCUT2D eigenvalue weighted by atomic mass is 35.5. The van der Waals surface area contributed by atoms with Crippen molar-refractivity contribution in [2.24, 2.45) is 0 Å². The Bertz CT molecular complexity index is 893. The fourth-order valence-corrected chi connectivity index (χ4v) is 2.60. The number of aliphatic hydroxyl groups is 1. The molecule has 0 atom stereocenters. The molecule has 8 heteroatoms. The number of aliphatic hydroxyl groups excluding tert-OH is 1. The molecule has 2 aromatic heterocycles. The Balaban J connectivity index is 1.96. The van der Waals surface area contributed by atoms with E-state index in [1.54, 1.807) is 37.6 Å². The minimum atomic E-state index is 0.0950. The molecule has 3 rings (SSSR count). The van der Waals surface area contributed by atoms with Crippen LogP contribution in [0.3, 0.4) is 0 Å². The molecule has 2 heterocycles. The molecule has 0 aliphatic rings. The van der Waals surface area contributed by atoms with Crippen molar-refractivity contribution in [2.75, 3.05) is 30.9 Å². The number of hydrogen-bond acceptors (Lipinski definition) is 7. The zero-order valence-corrected chi connectivity index (χ0v) is 15.6. The topological polar surface area (TPSA) is 92.2 Å². The molecule has 7 nitrogen and oxygen atoms in total. The van der Waals surface area contributed by atoms with Gasteiger partial charge in [-0.1, -0.05) is 17.7 Å². The molecule has 0 spiro atoms. The van der Waals surface area contributed by atoms with Crippen LogP contribution in [0.4, 0.5) is 17.5 Å². The van der Waals surface area contributed by atoms with E-state index in [0.29, 0.717) is 46.9 Å². The normalized spacial score (nSPS) is 10.5. The molecule has 0 saturated heterocycles. The highest BCUT2D eigenvalue weighted by Gasteiger charge is 2.10. The van der Waals surface area contributed by atoms with E-state index in [-0.39, 0.29) is 6.61 Å². The average molecular weight is 386 g/mol. The zero-order chi connectivity index (χ0) is 19.1. The molecule has 3 N–H and O–H groups in total. The van der Waals surface area contributed by atoms with E-state index in [1.165, 1.54) is 0 Å². The Morgan fingerprint density at radius 1 is 1.11 bits per heavy atom. The maximum atomic E-state index is 8.98. The highest BCUT2D eigenvalue weighted by Crippen LogP contribution is 2.31. The van der Waals surface area contributed by atoms with Crippen LogP contribution in [0.2, 0.25) is 5.02 Å². The summed E-state index contributed by atoms with van der Waals surface area (Å²) >= 11 is 6.11. The van der Waals surface area contributed by atoms with Gasteiger partial charge < -0.3 is 20.5 Å². The van der Waals surface area contributed by atoms with Crippen molar-refractivity contribution in [3.63, 3.8) is 0 Å². The molecule has 0 aliphatic heterocycles. The van der Waals surface area contributed by atoms with Gasteiger partial charge in [-0.3, -0.25) is 4.98 Å². The maximum absolute atomic E-state index is 8.98. The Hall–Kier alpha value is -2.90. The van der Waals surface area contributed by atoms with Gasteiger partial charge in [-0.25, -0.2) is 4.98 Å². The second-order valence-electron chi connectivity index (χ2n) is 5.65. The number of anilines is 3. The lowest BCUT2D eigenvalue weighted by atomic mass is 10.2. The summed E-state index contributed by atoms with van der Waals surface area (Å²) in [5.41, 5.74) is 2.09. The van der Waals surface area contributed by atoms with E-state index < -0.39 is 0 Å². The minimum Gasteiger partial charge on any atom is -0.495 e. The van der Waals surface area contributed by atoms with Gasteiger partial charge in [0.25, 0.3) is 0 Å². The lowest BCUT2D eigenvalue weighted by Gasteiger charge is -2.13. The number of benzene rings is 1. The van der Waals surface area contributed by atoms with Gasteiger partial charge in [0.2, 0.25) is 5.95 Å². The maximum Gasteiger partial charge on any atom is 0.225 e. The van der Waals surface area contributed by atoms with Crippen LogP contribution >= 0.6 is 11.6 Å². The SMILES string of the molecule is COc1ccc(Cl)cc1Nc1cc(-c2ccccn2)nc(NCCCO)n1. The van der Waals surface area contributed by atoms with Crippen molar-refractivity contribution < 1.29 is 9.84 Å². The fraction of sp³-hybridized carbons (Fsp3) is 0.211. The number of ether oxygens (including phenoxy) is 1. The van der Waals surface area contributed by atoms with Gasteiger partial charge in [0, 0.05) is 30.4 Å². The van der Waals surface area contributed by atoms with Crippen molar-refractivity contribution in [3.05, 3.63) is 53.7 Å². The van der Waals surface area contributed by atoms with Gasteiger partial charge in [0.15, 0.2) is 0 Å². The zero-order valence-electron chi connectivity index (χ0n) is 14.8. The Labute approximate surface area is 162 Å². The van der Waals surface area contributed by atoms with Gasteiger partial charge in [0.1, 0.15) is 11.6 Å². The van der Waals surface area contributed by atoms with Gasteiger partial charge in [-0.05, 0) is 36.8 Å². The van der Waals surface area contributed by atoms with Gasteiger partial charge in [-0.15, -0.1) is 0 Å². The summed E-state index contributed by atoms with van der Waals surface area (Å²) in [6.45, 7) is 0.653. The molecule has 0 radical (unpaired) electrons. The summed E-state index contributed by atoms with van der Waals surface area (Å²) in [5.74, 6) is 1.65. The molecule has 27 heavy (non-hydrogen) atoms. The van der Waals surface area contributed by atoms with Crippen LogP contribution in [0, 0.1) is 0 Å². The minimum absolute atomic E-state index is 0.0950. The number of nitrogens with one attached hydrogen (secondary N) is 2. The first-order chi connectivity index (χ1) is 13.2. The number of methoxy groups -OCH3 is 1. The summed E-state index contributed by atoms with van der Waals surface area (Å²) < 4.78 is 5.38. The summed E-state index contributed by atoms with van der Waals surface area (Å²) in [6.07, 6.45) is 2.31. The molecule has 1 aromatic carbocycles. The molecule has 140 valence electrons. The number of pyridine rings is 1. The molecule has 0 aliphatic carbocycles. The molecule has 0 bridgehead atoms. The largest absolute Gasteiger partial charge is 0.495 e. The van der Waals surface area contributed by atoms with Crippen molar-refractivity contribution in [3.8, 4) is 17.1 Å². The molecule has 0 amide bonds. The van der Waals surface area contributed by atoms with Crippen LogP contribution in [0.15, 0.2) is 48.7 Å². The molecular formula is C19H20ClN5O2. The van der Waals surface area contributed by atoms with Crippen molar-refractivity contribution in [1.82, 2.24) is 15.0 Å². The molecule has 0 fully saturated rings. The van der Waals surface area contributed by atoms with Gasteiger partial charge in [-0.2, -0.15) is 4.98 Å². The second-order valence-corrected chi connectivity index (χ2v) is 6.09. The predicted octanol–water partition coefficient (Wildman–Crippen LogP) is 3.74. The third-order valence-corrected chi connectivity index (χ3v) is 3.93. The molecule has 0 unspecified atom stereocenters. The quantitative estimate of drug-likeness (QED) is 0.508. The van der Waals surface area contributed by atoms with Crippen molar-refractivity contribution >= 4 is 29.1 Å². The number of hydrogen-bond donors (Lipinski definition) is 3. The Morgan fingerprint density at radius 2 is 2.00 bits per heavy atom. The third kappa shape index (κ3) is 5.06. The summed E-state index contributed by atoms with van der Waals surface area (Å²) in [6, 6.07) is 12.7. The van der Waals surface area contributed by atoms with E-state index in [4.69, 9.17) is 21.4 Å². The first kappa shape index (κ1) is 18.9. The third-order valence-electron chi connectivity index (χ3n) is 3.70. The lowest BCUT2D eigenvalue weighted by Crippen LogP contribution is -2.09. The molecular weight excluding hydrogens is 366 g/mol. The number of halogens is 1. The van der Waals surface area contributed by atoms with Crippen LogP contribution in [0.25, 0.3) is 11.4 Å². The van der Waals surface area contributed by atoms with Gasteiger partial charge in [0.05, 0.1) is 24.2 Å². The lowest BCUT2D eigenvalue weighted by molar-refractivity contribution is 0.292. The van der Waals surface area contributed by atoms with Crippen LogP contribution in [-0.4, -0.2) is 40.3 Å². The van der Waals surface area contributed by atoms with E-state index in [1.807, 2.05) is 18.2 Å². The van der Waals surface area contributed by atoms with Crippen molar-refractivity contribution in [1.29, 1.82) is 0 Å². The molecule has 3 aromatic rings. The van der Waals surface area contributed by atoms with Crippen molar-refractivity contribution in [2.45, 2.75) is 6.42 Å². The van der Waals surface area contributed by atoms with Gasteiger partial charge >= 0.3 is 0 Å². The Kier molecular flexibility index (Phi) is 6.40. The van der Waals surface area contributed by atoms with Crippen LogP contribution in [0.1, 0.15) is 6.42 Å². The standard InChI is InChI=1S/C19H20ClN5O2/c1-27-17-7-6-13(20)11-16(17)23-18-12-15(14-5-2-3-8-21-14)24-19(25-18)22-9-4-10-26/h2-3,5-8,11-12,26H,4,9-10H2,1H3,(H2,22,23,24,25). The monoisotopic (exact) mass is 385 g/mol. The van der Waals surface area contributed by atoms with E-state index in [2.05, 4.69) is 25.6 Å². The number of nitrogens with zero attached hydrogens (tertiary/aromatic N) is 3. The predicted molar refractivity (Wildman–Crippen MR) is 107 cm³/mol. The summed E-state index contributed by atoms with van der Waals surface area (Å²) in [7, 11) is 1.59. The first-order valence-electron chi connectivity index (χ1n) is 8.45. The van der Waals surface area contributed by atoms with Crippen LogP contribution in [-0.2, 0) is 0 Å². The summed E-state index contributed by atoms with van der Waals surface area (Å²) in [5, 5.41) is 15.9. The highest BCUT2D eigenvalue weighted by molar-refractivity contribution is 6.31. The first-order valence-corrected chi connectivity index (χ1v) is 8.83.